The predicted molar refractivity (Wildman–Crippen MR) is 66.4 cm³/mol. The summed E-state index contributed by atoms with van der Waals surface area (Å²) in [5.74, 6) is -0.872. The van der Waals surface area contributed by atoms with Crippen LogP contribution in [-0.4, -0.2) is 36.7 Å². The van der Waals surface area contributed by atoms with Gasteiger partial charge in [-0.3, -0.25) is 0 Å². The summed E-state index contributed by atoms with van der Waals surface area (Å²) in [5.41, 5.74) is 5.45. The summed E-state index contributed by atoms with van der Waals surface area (Å²) in [7, 11) is -3.33. The number of nitrogens with two attached hydrogens (primary N) is 1. The van der Waals surface area contributed by atoms with Gasteiger partial charge in [0, 0.05) is 11.7 Å². The molecule has 100 valence electrons. The van der Waals surface area contributed by atoms with Gasteiger partial charge in [-0.25, -0.2) is 12.8 Å². The van der Waals surface area contributed by atoms with Crippen molar-refractivity contribution in [2.24, 2.45) is 5.73 Å². The fourth-order valence-electron chi connectivity index (χ4n) is 2.49. The number of aliphatic hydroxyl groups is 1. The van der Waals surface area contributed by atoms with Gasteiger partial charge in [0.25, 0.3) is 0 Å². The first-order valence-electron chi connectivity index (χ1n) is 5.73. The molecule has 0 radical (unpaired) electrons. The van der Waals surface area contributed by atoms with Crippen LogP contribution in [0.1, 0.15) is 18.4 Å². The summed E-state index contributed by atoms with van der Waals surface area (Å²) in [4.78, 5) is 0. The third kappa shape index (κ3) is 1.94. The molecule has 1 saturated carbocycles. The van der Waals surface area contributed by atoms with Crippen molar-refractivity contribution < 1.29 is 17.9 Å². The van der Waals surface area contributed by atoms with E-state index in [-0.39, 0.29) is 11.6 Å². The minimum Gasteiger partial charge on any atom is -0.394 e. The first-order chi connectivity index (χ1) is 8.36. The van der Waals surface area contributed by atoms with E-state index < -0.39 is 33.2 Å². The van der Waals surface area contributed by atoms with Crippen molar-refractivity contribution >= 4 is 9.84 Å². The van der Waals surface area contributed by atoms with E-state index in [9.17, 15) is 17.9 Å². The highest BCUT2D eigenvalue weighted by atomic mass is 32.2. The Hall–Kier alpha value is -0.980. The lowest BCUT2D eigenvalue weighted by atomic mass is 10.1. The molecular weight excluding hydrogens is 257 g/mol. The van der Waals surface area contributed by atoms with E-state index in [1.807, 2.05) is 0 Å². The van der Waals surface area contributed by atoms with E-state index in [0.29, 0.717) is 5.56 Å². The van der Waals surface area contributed by atoms with E-state index in [0.717, 1.165) is 0 Å². The third-order valence-corrected chi connectivity index (χ3v) is 5.88. The van der Waals surface area contributed by atoms with Gasteiger partial charge in [-0.05, 0) is 17.7 Å². The van der Waals surface area contributed by atoms with Gasteiger partial charge >= 0.3 is 0 Å². The zero-order chi connectivity index (χ0) is 13.6. The van der Waals surface area contributed by atoms with Crippen molar-refractivity contribution in [3.63, 3.8) is 0 Å². The molecule has 1 aliphatic rings. The lowest BCUT2D eigenvalue weighted by molar-refractivity contribution is 0.253. The molecule has 3 atom stereocenters. The third-order valence-electron chi connectivity index (χ3n) is 3.59. The van der Waals surface area contributed by atoms with Crippen molar-refractivity contribution in [1.29, 1.82) is 0 Å². The molecule has 2 rings (SSSR count). The molecule has 1 aliphatic carbocycles. The zero-order valence-corrected chi connectivity index (χ0v) is 10.8. The van der Waals surface area contributed by atoms with Crippen LogP contribution >= 0.6 is 0 Å². The van der Waals surface area contributed by atoms with Crippen LogP contribution in [0.15, 0.2) is 24.3 Å². The predicted octanol–water partition coefficient (Wildman–Crippen LogP) is 0.416. The van der Waals surface area contributed by atoms with Gasteiger partial charge in [-0.1, -0.05) is 19.1 Å². The fourth-order valence-corrected chi connectivity index (χ4v) is 4.48. The Morgan fingerprint density at radius 1 is 1.39 bits per heavy atom. The minimum atomic E-state index is -3.33. The van der Waals surface area contributed by atoms with Crippen LogP contribution in [0.5, 0.6) is 0 Å². The van der Waals surface area contributed by atoms with E-state index in [2.05, 4.69) is 0 Å². The van der Waals surface area contributed by atoms with Crippen LogP contribution in [0.25, 0.3) is 0 Å². The van der Waals surface area contributed by atoms with Crippen LogP contribution in [0.4, 0.5) is 4.39 Å². The van der Waals surface area contributed by atoms with Crippen LogP contribution < -0.4 is 5.73 Å². The number of hydrogen-bond donors (Lipinski definition) is 2. The molecule has 0 spiro atoms. The Kier molecular flexibility index (Phi) is 3.21. The number of rotatable bonds is 4. The highest BCUT2D eigenvalue weighted by Crippen LogP contribution is 2.53. The Balaban J connectivity index is 2.37. The van der Waals surface area contributed by atoms with Crippen molar-refractivity contribution in [1.82, 2.24) is 0 Å². The quantitative estimate of drug-likeness (QED) is 0.833. The summed E-state index contributed by atoms with van der Waals surface area (Å²) < 4.78 is 36.7. The summed E-state index contributed by atoms with van der Waals surface area (Å²) in [6.07, 6.45) is 0. The highest BCUT2D eigenvalue weighted by Gasteiger charge is 2.68. The van der Waals surface area contributed by atoms with Crippen molar-refractivity contribution in [3.05, 3.63) is 35.6 Å². The maximum absolute atomic E-state index is 12.8. The molecule has 0 amide bonds. The lowest BCUT2D eigenvalue weighted by Gasteiger charge is -2.07. The van der Waals surface area contributed by atoms with Gasteiger partial charge < -0.3 is 10.8 Å². The second-order valence-electron chi connectivity index (χ2n) is 4.67. The van der Waals surface area contributed by atoms with Crippen molar-refractivity contribution in [3.8, 4) is 0 Å². The Labute approximate surface area is 106 Å². The molecule has 0 bridgehead atoms. The molecule has 0 aromatic heterocycles. The monoisotopic (exact) mass is 273 g/mol. The summed E-state index contributed by atoms with van der Waals surface area (Å²) >= 11 is 0. The molecule has 4 nitrogen and oxygen atoms in total. The van der Waals surface area contributed by atoms with Crippen LogP contribution in [0, 0.1) is 5.82 Å². The zero-order valence-electron chi connectivity index (χ0n) is 10.0. The van der Waals surface area contributed by atoms with Gasteiger partial charge in [0.15, 0.2) is 9.84 Å². The number of hydrogen-bond acceptors (Lipinski definition) is 4. The maximum Gasteiger partial charge on any atom is 0.155 e. The summed E-state index contributed by atoms with van der Waals surface area (Å²) in [6.45, 7) is 1.14. The average molecular weight is 273 g/mol. The minimum absolute atomic E-state index is 0.0195. The number of benzene rings is 1. The summed E-state index contributed by atoms with van der Waals surface area (Å²) in [5, 5.41) is 8.53. The highest BCUT2D eigenvalue weighted by molar-refractivity contribution is 7.92. The summed E-state index contributed by atoms with van der Waals surface area (Å²) in [6, 6.07) is 5.56. The molecule has 1 aromatic carbocycles. The van der Waals surface area contributed by atoms with Gasteiger partial charge in [0.1, 0.15) is 5.82 Å². The number of halogens is 1. The van der Waals surface area contributed by atoms with Crippen molar-refractivity contribution in [2.75, 3.05) is 12.4 Å². The smallest absolute Gasteiger partial charge is 0.155 e. The van der Waals surface area contributed by atoms with Gasteiger partial charge in [-0.2, -0.15) is 0 Å². The fraction of sp³-hybridized carbons (Fsp3) is 0.500. The lowest BCUT2D eigenvalue weighted by Crippen LogP contribution is -2.35. The molecule has 1 fully saturated rings. The second kappa shape index (κ2) is 4.29. The van der Waals surface area contributed by atoms with Crippen LogP contribution in [0.2, 0.25) is 0 Å². The molecule has 0 heterocycles. The van der Waals surface area contributed by atoms with E-state index in [1.165, 1.54) is 24.3 Å². The van der Waals surface area contributed by atoms with Gasteiger partial charge in [0.2, 0.25) is 0 Å². The van der Waals surface area contributed by atoms with Gasteiger partial charge in [-0.15, -0.1) is 0 Å². The molecule has 0 saturated heterocycles. The van der Waals surface area contributed by atoms with Gasteiger partial charge in [0.05, 0.1) is 17.4 Å². The first-order valence-corrected chi connectivity index (χ1v) is 7.45. The molecule has 1 aromatic rings. The topological polar surface area (TPSA) is 80.4 Å². The number of aliphatic hydroxyl groups excluding tert-OH is 1. The molecule has 6 heteroatoms. The average Bonchev–Trinajstić information content (AvgIpc) is 2.98. The SMILES string of the molecule is CCS(=O)(=O)[C@@H]1[C@H](c2ccc(F)cc2)[C@]1(N)CO. The van der Waals surface area contributed by atoms with E-state index in [1.54, 1.807) is 6.92 Å². The standard InChI is InChI=1S/C12H16FNO3S/c1-2-18(16,17)11-10(12(11,14)7-15)8-3-5-9(13)6-4-8/h3-6,10-11,15H,2,7,14H2,1H3/t10-,11+,12+/m0/s1. The Morgan fingerprint density at radius 2 is 1.94 bits per heavy atom. The van der Waals surface area contributed by atoms with E-state index >= 15 is 0 Å². The molecule has 3 N–H and O–H groups in total. The normalized spacial score (nSPS) is 31.3. The largest absolute Gasteiger partial charge is 0.394 e. The Morgan fingerprint density at radius 3 is 2.39 bits per heavy atom. The molecule has 0 unspecified atom stereocenters. The van der Waals surface area contributed by atoms with Crippen molar-refractivity contribution in [2.45, 2.75) is 23.6 Å². The number of sulfone groups is 1. The van der Waals surface area contributed by atoms with E-state index in [4.69, 9.17) is 5.73 Å². The Bertz CT molecular complexity index is 543. The molecule has 0 aliphatic heterocycles. The van der Waals surface area contributed by atoms with Crippen LogP contribution in [0.3, 0.4) is 0 Å². The van der Waals surface area contributed by atoms with Crippen LogP contribution in [-0.2, 0) is 9.84 Å². The first kappa shape index (κ1) is 13.5. The molecule has 18 heavy (non-hydrogen) atoms. The second-order valence-corrected chi connectivity index (χ2v) is 7.08. The molecular formula is C12H16FNO3S. The maximum atomic E-state index is 12.8.